The van der Waals surface area contributed by atoms with Crippen LogP contribution >= 0.6 is 12.2 Å². The summed E-state index contributed by atoms with van der Waals surface area (Å²) in [4.78, 5) is 23.0. The molecule has 1 aliphatic heterocycles. The van der Waals surface area contributed by atoms with E-state index in [1.165, 1.54) is 6.08 Å². The first-order valence-electron chi connectivity index (χ1n) is 4.60. The van der Waals surface area contributed by atoms with Gasteiger partial charge in [-0.1, -0.05) is 30.3 Å². The third-order valence-electron chi connectivity index (χ3n) is 2.05. The number of ketones is 1. The van der Waals surface area contributed by atoms with Crippen molar-refractivity contribution in [2.24, 2.45) is 0 Å². The van der Waals surface area contributed by atoms with Crippen LogP contribution in [0.25, 0.3) is 0 Å². The van der Waals surface area contributed by atoms with Gasteiger partial charge in [0.2, 0.25) is 0 Å². The van der Waals surface area contributed by atoms with Gasteiger partial charge in [-0.15, -0.1) is 0 Å². The maximum absolute atomic E-state index is 11.7. The number of nitrogens with one attached hydrogen (secondary N) is 2. The Kier molecular flexibility index (Phi) is 2.78. The third-order valence-corrected chi connectivity index (χ3v) is 2.26. The molecule has 4 nitrogen and oxygen atoms in total. The highest BCUT2D eigenvalue weighted by molar-refractivity contribution is 7.80. The highest BCUT2D eigenvalue weighted by atomic mass is 32.1. The molecule has 1 aliphatic rings. The van der Waals surface area contributed by atoms with Crippen molar-refractivity contribution in [2.45, 2.75) is 0 Å². The lowest BCUT2D eigenvalue weighted by Gasteiger charge is -1.96. The van der Waals surface area contributed by atoms with E-state index in [-0.39, 0.29) is 22.5 Å². The molecule has 1 fully saturated rings. The Morgan fingerprint density at radius 2 is 1.88 bits per heavy atom. The van der Waals surface area contributed by atoms with Crippen LogP contribution in [0.15, 0.2) is 42.1 Å². The van der Waals surface area contributed by atoms with Gasteiger partial charge in [-0.25, -0.2) is 0 Å². The molecule has 1 aromatic rings. The Morgan fingerprint density at radius 3 is 2.44 bits per heavy atom. The van der Waals surface area contributed by atoms with Crippen LogP contribution < -0.4 is 10.6 Å². The standard InChI is InChI=1S/C11H8N2O2S/c14-9(7-4-2-1-3-5-7)6-8-10(15)13-11(16)12-8/h1-6H,(H2,12,13,15,16)/b8-6+. The number of allylic oxidation sites excluding steroid dienone is 1. The summed E-state index contributed by atoms with van der Waals surface area (Å²) < 4.78 is 0. The van der Waals surface area contributed by atoms with Gasteiger partial charge >= 0.3 is 0 Å². The monoisotopic (exact) mass is 232 g/mol. The van der Waals surface area contributed by atoms with Crippen molar-refractivity contribution in [3.8, 4) is 0 Å². The Hall–Kier alpha value is -2.01. The minimum Gasteiger partial charge on any atom is -0.328 e. The van der Waals surface area contributed by atoms with Crippen molar-refractivity contribution in [1.82, 2.24) is 10.6 Å². The van der Waals surface area contributed by atoms with Crippen LogP contribution in [-0.4, -0.2) is 16.8 Å². The smallest absolute Gasteiger partial charge is 0.274 e. The van der Waals surface area contributed by atoms with Crippen molar-refractivity contribution in [3.63, 3.8) is 0 Å². The largest absolute Gasteiger partial charge is 0.328 e. The summed E-state index contributed by atoms with van der Waals surface area (Å²) in [6.07, 6.45) is 1.24. The third kappa shape index (κ3) is 2.14. The second kappa shape index (κ2) is 4.24. The zero-order valence-electron chi connectivity index (χ0n) is 8.19. The molecule has 1 heterocycles. The number of thiocarbonyl (C=S) groups is 1. The molecular formula is C11H8N2O2S. The minimum absolute atomic E-state index is 0.179. The normalized spacial score (nSPS) is 17.1. The first-order valence-corrected chi connectivity index (χ1v) is 5.01. The van der Waals surface area contributed by atoms with Crippen LogP contribution in [-0.2, 0) is 4.79 Å². The van der Waals surface area contributed by atoms with E-state index < -0.39 is 0 Å². The molecule has 2 N–H and O–H groups in total. The molecule has 5 heteroatoms. The second-order valence-corrected chi connectivity index (χ2v) is 3.60. The predicted octanol–water partition coefficient (Wildman–Crippen LogP) is 0.758. The first kappa shape index (κ1) is 10.5. The molecule has 80 valence electrons. The van der Waals surface area contributed by atoms with Crippen LogP contribution in [0.3, 0.4) is 0 Å². The zero-order valence-corrected chi connectivity index (χ0v) is 9.01. The molecule has 0 unspecified atom stereocenters. The van der Waals surface area contributed by atoms with Gasteiger partial charge < -0.3 is 5.32 Å². The van der Waals surface area contributed by atoms with E-state index in [0.29, 0.717) is 5.56 Å². The van der Waals surface area contributed by atoms with E-state index in [1.807, 2.05) is 6.07 Å². The number of amides is 1. The summed E-state index contributed by atoms with van der Waals surface area (Å²) in [6.45, 7) is 0. The fourth-order valence-corrected chi connectivity index (χ4v) is 1.50. The predicted molar refractivity (Wildman–Crippen MR) is 62.7 cm³/mol. The lowest BCUT2D eigenvalue weighted by atomic mass is 10.1. The first-order chi connectivity index (χ1) is 7.66. The maximum atomic E-state index is 11.7. The van der Waals surface area contributed by atoms with Gasteiger partial charge in [0.25, 0.3) is 5.91 Å². The van der Waals surface area contributed by atoms with Gasteiger partial charge in [-0.3, -0.25) is 14.9 Å². The summed E-state index contributed by atoms with van der Waals surface area (Å²) >= 11 is 4.75. The van der Waals surface area contributed by atoms with E-state index in [1.54, 1.807) is 24.3 Å². The van der Waals surface area contributed by atoms with E-state index in [4.69, 9.17) is 12.2 Å². The number of benzene rings is 1. The molecule has 0 aromatic heterocycles. The molecule has 0 saturated carbocycles. The van der Waals surface area contributed by atoms with Crippen LogP contribution in [0, 0.1) is 0 Å². The highest BCUT2D eigenvalue weighted by Gasteiger charge is 2.21. The Balaban J connectivity index is 2.22. The second-order valence-electron chi connectivity index (χ2n) is 3.20. The van der Waals surface area contributed by atoms with Gasteiger partial charge in [-0.2, -0.15) is 0 Å². The summed E-state index contributed by atoms with van der Waals surface area (Å²) in [7, 11) is 0. The summed E-state index contributed by atoms with van der Waals surface area (Å²) in [5.74, 6) is -0.614. The molecule has 0 bridgehead atoms. The number of hydrogen-bond acceptors (Lipinski definition) is 3. The van der Waals surface area contributed by atoms with Gasteiger partial charge in [0, 0.05) is 11.6 Å². The van der Waals surface area contributed by atoms with E-state index in [2.05, 4.69) is 10.6 Å². The molecule has 0 spiro atoms. The van der Waals surface area contributed by atoms with Crippen LogP contribution in [0.1, 0.15) is 10.4 Å². The zero-order chi connectivity index (χ0) is 11.5. The van der Waals surface area contributed by atoms with Crippen LogP contribution in [0.2, 0.25) is 0 Å². The van der Waals surface area contributed by atoms with Crippen LogP contribution in [0.5, 0.6) is 0 Å². The van der Waals surface area contributed by atoms with E-state index in [0.717, 1.165) is 0 Å². The van der Waals surface area contributed by atoms with Crippen molar-refractivity contribution in [1.29, 1.82) is 0 Å². The molecule has 0 atom stereocenters. The molecule has 2 rings (SSSR count). The molecule has 1 amide bonds. The number of carbonyl (C=O) groups excluding carboxylic acids is 2. The summed E-state index contributed by atoms with van der Waals surface area (Å²) in [5.41, 5.74) is 0.710. The van der Waals surface area contributed by atoms with E-state index in [9.17, 15) is 9.59 Å². The number of rotatable bonds is 2. The number of hydrogen-bond donors (Lipinski definition) is 2. The SMILES string of the molecule is O=C1NC(=S)N/C1=C/C(=O)c1ccccc1. The van der Waals surface area contributed by atoms with Gasteiger partial charge in [0.15, 0.2) is 10.9 Å². The maximum Gasteiger partial charge on any atom is 0.274 e. The molecule has 1 aromatic carbocycles. The quantitative estimate of drug-likeness (QED) is 0.449. The Bertz CT molecular complexity index is 494. The van der Waals surface area contributed by atoms with Gasteiger partial charge in [0.05, 0.1) is 0 Å². The summed E-state index contributed by atoms with van der Waals surface area (Å²) in [5, 5.41) is 5.22. The van der Waals surface area contributed by atoms with Crippen molar-refractivity contribution >= 4 is 29.0 Å². The molecule has 0 radical (unpaired) electrons. The lowest BCUT2D eigenvalue weighted by Crippen LogP contribution is -2.21. The molecular weight excluding hydrogens is 224 g/mol. The molecule has 0 aliphatic carbocycles. The highest BCUT2D eigenvalue weighted by Crippen LogP contribution is 2.04. The number of carbonyl (C=O) groups is 2. The Morgan fingerprint density at radius 1 is 1.19 bits per heavy atom. The van der Waals surface area contributed by atoms with Crippen molar-refractivity contribution in [3.05, 3.63) is 47.7 Å². The average Bonchev–Trinajstić information content (AvgIpc) is 2.59. The van der Waals surface area contributed by atoms with Crippen LogP contribution in [0.4, 0.5) is 0 Å². The van der Waals surface area contributed by atoms with Gasteiger partial charge in [-0.05, 0) is 12.2 Å². The fourth-order valence-electron chi connectivity index (χ4n) is 1.30. The van der Waals surface area contributed by atoms with Crippen molar-refractivity contribution in [2.75, 3.05) is 0 Å². The summed E-state index contributed by atoms with van der Waals surface area (Å²) in [6, 6.07) is 8.71. The molecule has 16 heavy (non-hydrogen) atoms. The van der Waals surface area contributed by atoms with Crippen molar-refractivity contribution < 1.29 is 9.59 Å². The Labute approximate surface area is 97.3 Å². The minimum atomic E-state index is -0.380. The lowest BCUT2D eigenvalue weighted by molar-refractivity contribution is -0.115. The average molecular weight is 232 g/mol. The van der Waals surface area contributed by atoms with Gasteiger partial charge in [0.1, 0.15) is 5.70 Å². The fraction of sp³-hybridized carbons (Fsp3) is 0. The topological polar surface area (TPSA) is 58.2 Å². The van der Waals surface area contributed by atoms with E-state index >= 15 is 0 Å². The molecule has 1 saturated heterocycles.